The number of carbonyl (C=O) groups is 1. The van der Waals surface area contributed by atoms with E-state index < -0.39 is 5.97 Å². The second-order valence-electron chi connectivity index (χ2n) is 3.77. The molecule has 1 aromatic carbocycles. The molecule has 0 fully saturated rings. The van der Waals surface area contributed by atoms with Gasteiger partial charge in [0.15, 0.2) is 0 Å². The highest BCUT2D eigenvalue weighted by Gasteiger charge is 2.16. The van der Waals surface area contributed by atoms with E-state index in [1.165, 1.54) is 0 Å². The summed E-state index contributed by atoms with van der Waals surface area (Å²) in [5.41, 5.74) is 1.96. The molecule has 0 aromatic heterocycles. The minimum Gasteiger partial charge on any atom is -0.478 e. The molecule has 0 heterocycles. The number of hydrogen-bond donors (Lipinski definition) is 1. The molecule has 15 heavy (non-hydrogen) atoms. The summed E-state index contributed by atoms with van der Waals surface area (Å²) in [5, 5.41) is 9.08. The van der Waals surface area contributed by atoms with E-state index in [1.54, 1.807) is 12.1 Å². The molecular formula is C11H16N2O2. The number of para-hydroxylation sites is 1. The van der Waals surface area contributed by atoms with E-state index in [4.69, 9.17) is 5.11 Å². The molecule has 1 aromatic rings. The van der Waals surface area contributed by atoms with Gasteiger partial charge < -0.3 is 14.9 Å². The summed E-state index contributed by atoms with van der Waals surface area (Å²) < 4.78 is 0. The van der Waals surface area contributed by atoms with Crippen LogP contribution in [0.2, 0.25) is 0 Å². The third-order valence-corrected chi connectivity index (χ3v) is 2.17. The zero-order valence-corrected chi connectivity index (χ0v) is 9.48. The first-order valence-corrected chi connectivity index (χ1v) is 4.66. The maximum atomic E-state index is 11.1. The average Bonchev–Trinajstić information content (AvgIpc) is 2.16. The first-order valence-electron chi connectivity index (χ1n) is 4.66. The van der Waals surface area contributed by atoms with Gasteiger partial charge in [-0.3, -0.25) is 0 Å². The summed E-state index contributed by atoms with van der Waals surface area (Å²) in [6, 6.07) is 5.28. The van der Waals surface area contributed by atoms with Gasteiger partial charge in [-0.05, 0) is 12.1 Å². The third kappa shape index (κ3) is 2.21. The first-order chi connectivity index (χ1) is 6.95. The minimum absolute atomic E-state index is 0.325. The van der Waals surface area contributed by atoms with Gasteiger partial charge in [0.05, 0.1) is 16.9 Å². The number of rotatable bonds is 3. The summed E-state index contributed by atoms with van der Waals surface area (Å²) in [5.74, 6) is -0.901. The van der Waals surface area contributed by atoms with Crippen molar-refractivity contribution in [3.05, 3.63) is 23.8 Å². The SMILES string of the molecule is CN(C)c1cccc(C(=O)O)c1N(C)C. The minimum atomic E-state index is -0.901. The molecule has 0 aliphatic rings. The topological polar surface area (TPSA) is 43.8 Å². The van der Waals surface area contributed by atoms with Gasteiger partial charge in [-0.1, -0.05) is 6.07 Å². The maximum Gasteiger partial charge on any atom is 0.337 e. The number of benzene rings is 1. The lowest BCUT2D eigenvalue weighted by Crippen LogP contribution is -2.19. The van der Waals surface area contributed by atoms with E-state index in [1.807, 2.05) is 44.1 Å². The van der Waals surface area contributed by atoms with Crippen LogP contribution >= 0.6 is 0 Å². The van der Waals surface area contributed by atoms with Gasteiger partial charge in [0.1, 0.15) is 0 Å². The molecule has 0 bridgehead atoms. The van der Waals surface area contributed by atoms with E-state index in [2.05, 4.69) is 0 Å². The van der Waals surface area contributed by atoms with Crippen molar-refractivity contribution in [3.63, 3.8) is 0 Å². The smallest absolute Gasteiger partial charge is 0.337 e. The van der Waals surface area contributed by atoms with Gasteiger partial charge in [-0.15, -0.1) is 0 Å². The van der Waals surface area contributed by atoms with Crippen molar-refractivity contribution < 1.29 is 9.90 Å². The number of aromatic carboxylic acids is 1. The number of carboxylic acids is 1. The van der Waals surface area contributed by atoms with Gasteiger partial charge in [-0.25, -0.2) is 4.79 Å². The lowest BCUT2D eigenvalue weighted by atomic mass is 10.1. The van der Waals surface area contributed by atoms with Crippen LogP contribution in [-0.4, -0.2) is 39.3 Å². The Kier molecular flexibility index (Phi) is 3.19. The Morgan fingerprint density at radius 3 is 2.13 bits per heavy atom. The predicted octanol–water partition coefficient (Wildman–Crippen LogP) is 1.52. The van der Waals surface area contributed by atoms with E-state index in [9.17, 15) is 4.79 Å². The van der Waals surface area contributed by atoms with Crippen LogP contribution in [-0.2, 0) is 0 Å². The van der Waals surface area contributed by atoms with Crippen LogP contribution in [0.25, 0.3) is 0 Å². The second kappa shape index (κ2) is 4.21. The Labute approximate surface area is 89.7 Å². The van der Waals surface area contributed by atoms with Crippen LogP contribution < -0.4 is 9.80 Å². The summed E-state index contributed by atoms with van der Waals surface area (Å²) in [6.07, 6.45) is 0. The lowest BCUT2D eigenvalue weighted by Gasteiger charge is -2.24. The number of hydrogen-bond acceptors (Lipinski definition) is 3. The Morgan fingerprint density at radius 2 is 1.73 bits per heavy atom. The molecule has 0 amide bonds. The van der Waals surface area contributed by atoms with E-state index in [-0.39, 0.29) is 0 Å². The molecule has 0 saturated carbocycles. The molecule has 0 saturated heterocycles. The van der Waals surface area contributed by atoms with Gasteiger partial charge in [0.25, 0.3) is 0 Å². The van der Waals surface area contributed by atoms with Crippen molar-refractivity contribution >= 4 is 17.3 Å². The number of carboxylic acid groups (broad SMARTS) is 1. The third-order valence-electron chi connectivity index (χ3n) is 2.17. The number of nitrogens with zero attached hydrogens (tertiary/aromatic N) is 2. The number of anilines is 2. The van der Waals surface area contributed by atoms with Crippen LogP contribution in [0, 0.1) is 0 Å². The molecule has 4 nitrogen and oxygen atoms in total. The van der Waals surface area contributed by atoms with E-state index in [0.29, 0.717) is 5.56 Å². The van der Waals surface area contributed by atoms with Gasteiger partial charge in [0.2, 0.25) is 0 Å². The van der Waals surface area contributed by atoms with E-state index >= 15 is 0 Å². The highest BCUT2D eigenvalue weighted by atomic mass is 16.4. The Morgan fingerprint density at radius 1 is 1.13 bits per heavy atom. The van der Waals surface area contributed by atoms with Crippen molar-refractivity contribution in [2.75, 3.05) is 38.0 Å². The van der Waals surface area contributed by atoms with Gasteiger partial charge in [-0.2, -0.15) is 0 Å². The van der Waals surface area contributed by atoms with Crippen LogP contribution in [0.15, 0.2) is 18.2 Å². The van der Waals surface area contributed by atoms with Crippen LogP contribution in [0.5, 0.6) is 0 Å². The molecule has 0 unspecified atom stereocenters. The summed E-state index contributed by atoms with van der Waals surface area (Å²) in [6.45, 7) is 0. The van der Waals surface area contributed by atoms with Crippen LogP contribution in [0.1, 0.15) is 10.4 Å². The Balaban J connectivity index is 3.42. The highest BCUT2D eigenvalue weighted by molar-refractivity contribution is 5.98. The maximum absolute atomic E-state index is 11.1. The van der Waals surface area contributed by atoms with Crippen LogP contribution in [0.3, 0.4) is 0 Å². The Hall–Kier alpha value is -1.71. The Bertz CT molecular complexity index is 373. The molecule has 1 rings (SSSR count). The quantitative estimate of drug-likeness (QED) is 0.817. The van der Waals surface area contributed by atoms with Crippen molar-refractivity contribution in [1.29, 1.82) is 0 Å². The highest BCUT2D eigenvalue weighted by Crippen LogP contribution is 2.30. The van der Waals surface area contributed by atoms with Crippen molar-refractivity contribution in [2.45, 2.75) is 0 Å². The molecule has 4 heteroatoms. The van der Waals surface area contributed by atoms with Crippen LogP contribution in [0.4, 0.5) is 11.4 Å². The molecule has 0 atom stereocenters. The monoisotopic (exact) mass is 208 g/mol. The normalized spacial score (nSPS) is 9.87. The zero-order chi connectivity index (χ0) is 11.6. The first kappa shape index (κ1) is 11.4. The molecule has 82 valence electrons. The average molecular weight is 208 g/mol. The van der Waals surface area contributed by atoms with Gasteiger partial charge in [0, 0.05) is 28.2 Å². The van der Waals surface area contributed by atoms with Crippen molar-refractivity contribution in [1.82, 2.24) is 0 Å². The van der Waals surface area contributed by atoms with Gasteiger partial charge >= 0.3 is 5.97 Å². The molecule has 0 radical (unpaired) electrons. The molecule has 1 N–H and O–H groups in total. The van der Waals surface area contributed by atoms with E-state index in [0.717, 1.165) is 11.4 Å². The fraction of sp³-hybridized carbons (Fsp3) is 0.364. The molecule has 0 aliphatic heterocycles. The fourth-order valence-electron chi connectivity index (χ4n) is 1.53. The fourth-order valence-corrected chi connectivity index (χ4v) is 1.53. The summed E-state index contributed by atoms with van der Waals surface area (Å²) >= 11 is 0. The molecular weight excluding hydrogens is 192 g/mol. The standard InChI is InChI=1S/C11H16N2O2/c1-12(2)9-7-5-6-8(11(14)15)10(9)13(3)4/h5-7H,1-4H3,(H,14,15). The zero-order valence-electron chi connectivity index (χ0n) is 9.48. The molecule has 0 spiro atoms. The summed E-state index contributed by atoms with van der Waals surface area (Å²) in [7, 11) is 7.48. The second-order valence-corrected chi connectivity index (χ2v) is 3.77. The van der Waals surface area contributed by atoms with Crippen molar-refractivity contribution in [2.24, 2.45) is 0 Å². The summed E-state index contributed by atoms with van der Waals surface area (Å²) in [4.78, 5) is 14.8. The molecule has 0 aliphatic carbocycles. The lowest BCUT2D eigenvalue weighted by molar-refractivity contribution is 0.0697. The largest absolute Gasteiger partial charge is 0.478 e. The predicted molar refractivity (Wildman–Crippen MR) is 62.1 cm³/mol. The van der Waals surface area contributed by atoms with Crippen molar-refractivity contribution in [3.8, 4) is 0 Å².